The van der Waals surface area contributed by atoms with Crippen LogP contribution in [-0.4, -0.2) is 23.7 Å². The summed E-state index contributed by atoms with van der Waals surface area (Å²) in [6.07, 6.45) is 0.841. The third-order valence-electron chi connectivity index (χ3n) is 1.12. The second-order valence-corrected chi connectivity index (χ2v) is 2.40. The normalized spacial score (nSPS) is 13.2. The molecule has 0 spiro atoms. The first kappa shape index (κ1) is 10.5. The summed E-state index contributed by atoms with van der Waals surface area (Å²) in [5.74, 6) is -1.02. The minimum absolute atomic E-state index is 0.270. The minimum Gasteiger partial charge on any atom is -0.480 e. The Morgan fingerprint density at radius 1 is 1.73 bits per heavy atom. The van der Waals surface area contributed by atoms with E-state index >= 15 is 0 Å². The van der Waals surface area contributed by atoms with Crippen LogP contribution < -0.4 is 5.73 Å². The third-order valence-corrected chi connectivity index (χ3v) is 1.41. The lowest BCUT2D eigenvalue weighted by atomic mass is 10.2. The zero-order valence-electron chi connectivity index (χ0n) is 5.90. The highest BCUT2D eigenvalue weighted by Crippen LogP contribution is 2.00. The molecule has 6 heteroatoms. The summed E-state index contributed by atoms with van der Waals surface area (Å²) in [6.45, 7) is 0.270. The van der Waals surface area contributed by atoms with Gasteiger partial charge in [-0.3, -0.25) is 9.32 Å². The molecule has 0 aromatic rings. The van der Waals surface area contributed by atoms with E-state index in [1.807, 2.05) is 0 Å². The van der Waals surface area contributed by atoms with Crippen LogP contribution >= 0.6 is 8.69 Å². The van der Waals surface area contributed by atoms with Crippen LogP contribution in [0.4, 0.5) is 0 Å². The Labute approximate surface area is 65.8 Å². The van der Waals surface area contributed by atoms with Crippen molar-refractivity contribution in [2.75, 3.05) is 6.61 Å². The van der Waals surface area contributed by atoms with E-state index in [2.05, 4.69) is 4.52 Å². The topological polar surface area (TPSA) is 89.6 Å². The molecule has 0 aromatic carbocycles. The van der Waals surface area contributed by atoms with Gasteiger partial charge < -0.3 is 10.8 Å². The zero-order valence-corrected chi connectivity index (χ0v) is 6.79. The molecule has 1 atom stereocenters. The zero-order chi connectivity index (χ0) is 8.69. The molecular weight excluding hydrogens is 169 g/mol. The maximum Gasteiger partial charge on any atom is 0.327 e. The van der Waals surface area contributed by atoms with E-state index in [-0.39, 0.29) is 15.3 Å². The molecule has 0 unspecified atom stereocenters. The van der Waals surface area contributed by atoms with Crippen molar-refractivity contribution < 1.29 is 19.0 Å². The average Bonchev–Trinajstić information content (AvgIpc) is 1.97. The van der Waals surface area contributed by atoms with Gasteiger partial charge in [-0.25, -0.2) is 4.57 Å². The number of rotatable bonds is 6. The van der Waals surface area contributed by atoms with Gasteiger partial charge in [0, 0.05) is 0 Å². The second-order valence-electron chi connectivity index (χ2n) is 1.99. The number of hydrogen-bond donors (Lipinski definition) is 2. The molecule has 0 aliphatic heterocycles. The lowest BCUT2D eigenvalue weighted by Gasteiger charge is -2.03. The molecule has 3 N–H and O–H groups in total. The Bertz CT molecular complexity index is 140. The molecule has 0 aliphatic carbocycles. The molecule has 5 nitrogen and oxygen atoms in total. The van der Waals surface area contributed by atoms with Gasteiger partial charge in [-0.05, 0) is 12.8 Å². The molecule has 0 heterocycles. The smallest absolute Gasteiger partial charge is 0.327 e. The highest BCUT2D eigenvalue weighted by atomic mass is 31.1. The highest BCUT2D eigenvalue weighted by Gasteiger charge is 2.09. The molecule has 0 rings (SSSR count). The van der Waals surface area contributed by atoms with E-state index in [0.717, 1.165) is 0 Å². The van der Waals surface area contributed by atoms with Gasteiger partial charge in [0.1, 0.15) is 6.04 Å². The van der Waals surface area contributed by atoms with Crippen molar-refractivity contribution in [3.8, 4) is 0 Å². The van der Waals surface area contributed by atoms with Gasteiger partial charge in [0.05, 0.1) is 6.61 Å². The number of nitrogens with two attached hydrogens (primary N) is 1. The summed E-state index contributed by atoms with van der Waals surface area (Å²) in [5.41, 5.74) is 5.16. The van der Waals surface area contributed by atoms with Crippen molar-refractivity contribution in [1.29, 1.82) is 0 Å². The summed E-state index contributed by atoms with van der Waals surface area (Å²) >= 11 is 0. The van der Waals surface area contributed by atoms with Crippen LogP contribution in [0, 0.1) is 0 Å². The monoisotopic (exact) mass is 179 g/mol. The van der Waals surface area contributed by atoms with Gasteiger partial charge in [-0.2, -0.15) is 0 Å². The Kier molecular flexibility index (Phi) is 5.93. The lowest BCUT2D eigenvalue weighted by Crippen LogP contribution is -2.30. The predicted octanol–water partition coefficient (Wildman–Crippen LogP) is 0.402. The Morgan fingerprint density at radius 3 is 2.82 bits per heavy atom. The number of aliphatic carboxylic acids is 1. The summed E-state index contributed by atoms with van der Waals surface area (Å²) in [5, 5.41) is 8.31. The van der Waals surface area contributed by atoms with Crippen LogP contribution in [-0.2, 0) is 13.9 Å². The largest absolute Gasteiger partial charge is 0.480 e. The third kappa shape index (κ3) is 5.91. The number of carbonyl (C=O) groups is 1. The SMILES string of the molecule is N[C@@H](CCCOP=O)C(=O)O. The van der Waals surface area contributed by atoms with Crippen LogP contribution in [0.25, 0.3) is 0 Å². The maximum absolute atomic E-state index is 10.1. The fraction of sp³-hybridized carbons (Fsp3) is 0.800. The molecule has 0 saturated heterocycles. The van der Waals surface area contributed by atoms with Crippen LogP contribution in [0.15, 0.2) is 0 Å². The van der Waals surface area contributed by atoms with Crippen LogP contribution in [0.2, 0.25) is 0 Å². The van der Waals surface area contributed by atoms with Gasteiger partial charge in [0.25, 0.3) is 0 Å². The van der Waals surface area contributed by atoms with E-state index in [0.29, 0.717) is 12.8 Å². The van der Waals surface area contributed by atoms with Crippen LogP contribution in [0.5, 0.6) is 0 Å². The number of carboxylic acids is 1. The van der Waals surface area contributed by atoms with E-state index < -0.39 is 12.0 Å². The van der Waals surface area contributed by atoms with Gasteiger partial charge in [-0.1, -0.05) is 0 Å². The van der Waals surface area contributed by atoms with Crippen molar-refractivity contribution in [2.24, 2.45) is 5.73 Å². The first-order valence-corrected chi connectivity index (χ1v) is 3.84. The first-order valence-electron chi connectivity index (χ1n) is 3.11. The second kappa shape index (κ2) is 6.22. The quantitative estimate of drug-likeness (QED) is 0.455. The van der Waals surface area contributed by atoms with Crippen LogP contribution in [0.1, 0.15) is 12.8 Å². The van der Waals surface area contributed by atoms with Gasteiger partial charge in [-0.15, -0.1) is 0 Å². The Balaban J connectivity index is 3.24. The number of hydrogen-bond acceptors (Lipinski definition) is 4. The molecule has 64 valence electrons. The van der Waals surface area contributed by atoms with E-state index in [9.17, 15) is 9.36 Å². The standard InChI is InChI=1S/C5H10NO4P/c6-4(5(7)8)2-1-3-10-11-9/h4H,1-3,6H2,(H,7,8)/t4-/m0/s1. The fourth-order valence-electron chi connectivity index (χ4n) is 0.529. The lowest BCUT2D eigenvalue weighted by molar-refractivity contribution is -0.138. The molecule has 0 aromatic heterocycles. The molecule has 0 aliphatic rings. The van der Waals surface area contributed by atoms with Gasteiger partial charge >= 0.3 is 14.7 Å². The predicted molar refractivity (Wildman–Crippen MR) is 38.4 cm³/mol. The Morgan fingerprint density at radius 2 is 2.36 bits per heavy atom. The highest BCUT2D eigenvalue weighted by molar-refractivity contribution is 7.17. The average molecular weight is 179 g/mol. The molecule has 0 fully saturated rings. The summed E-state index contributed by atoms with van der Waals surface area (Å²) in [7, 11) is -0.380. The van der Waals surface area contributed by atoms with Crippen LogP contribution in [0.3, 0.4) is 0 Å². The summed E-state index contributed by atoms with van der Waals surface area (Å²) in [6, 6.07) is -0.845. The molecule has 0 bridgehead atoms. The van der Waals surface area contributed by atoms with Gasteiger partial charge in [0.2, 0.25) is 0 Å². The van der Waals surface area contributed by atoms with Crippen molar-refractivity contribution in [2.45, 2.75) is 18.9 Å². The molecular formula is C5H10NO4P. The fourth-order valence-corrected chi connectivity index (χ4v) is 0.732. The van der Waals surface area contributed by atoms with E-state index in [4.69, 9.17) is 10.8 Å². The van der Waals surface area contributed by atoms with Gasteiger partial charge in [0.15, 0.2) is 0 Å². The van der Waals surface area contributed by atoms with Crippen molar-refractivity contribution >= 4 is 14.7 Å². The molecule has 0 amide bonds. The van der Waals surface area contributed by atoms with Crippen molar-refractivity contribution in [3.05, 3.63) is 0 Å². The van der Waals surface area contributed by atoms with Crippen molar-refractivity contribution in [1.82, 2.24) is 0 Å². The van der Waals surface area contributed by atoms with E-state index in [1.165, 1.54) is 0 Å². The number of carboxylic acid groups (broad SMARTS) is 1. The maximum atomic E-state index is 10.1. The first-order chi connectivity index (χ1) is 5.18. The Hall–Kier alpha value is -0.510. The minimum atomic E-state index is -1.02. The molecule has 0 saturated carbocycles. The summed E-state index contributed by atoms with van der Waals surface area (Å²) in [4.78, 5) is 10.1. The van der Waals surface area contributed by atoms with E-state index in [1.54, 1.807) is 0 Å². The summed E-state index contributed by atoms with van der Waals surface area (Å²) < 4.78 is 14.1. The van der Waals surface area contributed by atoms with Crippen molar-refractivity contribution in [3.63, 3.8) is 0 Å². The molecule has 0 radical (unpaired) electrons. The molecule has 11 heavy (non-hydrogen) atoms.